The van der Waals surface area contributed by atoms with Crippen LogP contribution in [0.5, 0.6) is 0 Å². The lowest BCUT2D eigenvalue weighted by Crippen LogP contribution is -2.30. The lowest BCUT2D eigenvalue weighted by atomic mass is 10.2. The standard InChI is InChI=1S/C14H17BrN4O/c1-10-6-12(15)4-5-13(10)17-14(20)18(2)8-11-7-16-19(3)9-11/h4-7,9H,8H2,1-3H3,(H,17,20). The number of halogens is 1. The summed E-state index contributed by atoms with van der Waals surface area (Å²) in [6, 6.07) is 5.62. The molecule has 106 valence electrons. The maximum Gasteiger partial charge on any atom is 0.321 e. The molecule has 0 saturated heterocycles. The van der Waals surface area contributed by atoms with Crippen LogP contribution in [0.4, 0.5) is 10.5 Å². The van der Waals surface area contributed by atoms with Crippen molar-refractivity contribution < 1.29 is 4.79 Å². The molecule has 2 aromatic rings. The number of nitrogens with zero attached hydrogens (tertiary/aromatic N) is 3. The van der Waals surface area contributed by atoms with Gasteiger partial charge >= 0.3 is 6.03 Å². The average molecular weight is 337 g/mol. The van der Waals surface area contributed by atoms with Gasteiger partial charge in [0.15, 0.2) is 0 Å². The second kappa shape index (κ2) is 6.09. The third-order valence-electron chi connectivity index (χ3n) is 2.95. The Kier molecular flexibility index (Phi) is 4.44. The molecule has 0 radical (unpaired) electrons. The van der Waals surface area contributed by atoms with Crippen molar-refractivity contribution in [1.29, 1.82) is 0 Å². The summed E-state index contributed by atoms with van der Waals surface area (Å²) in [5, 5.41) is 6.99. The van der Waals surface area contributed by atoms with Crippen molar-refractivity contribution >= 4 is 27.6 Å². The highest BCUT2D eigenvalue weighted by molar-refractivity contribution is 9.10. The van der Waals surface area contributed by atoms with E-state index in [4.69, 9.17) is 0 Å². The number of hydrogen-bond donors (Lipinski definition) is 1. The highest BCUT2D eigenvalue weighted by Gasteiger charge is 2.11. The number of hydrogen-bond acceptors (Lipinski definition) is 2. The van der Waals surface area contributed by atoms with Gasteiger partial charge in [-0.05, 0) is 30.7 Å². The Hall–Kier alpha value is -1.82. The Labute approximate surface area is 126 Å². The number of benzene rings is 1. The van der Waals surface area contributed by atoms with Gasteiger partial charge in [0.05, 0.1) is 12.7 Å². The molecular formula is C14H17BrN4O. The van der Waals surface area contributed by atoms with Gasteiger partial charge in [0, 0.05) is 36.0 Å². The second-order valence-electron chi connectivity index (χ2n) is 4.77. The smallest absolute Gasteiger partial charge is 0.321 e. The van der Waals surface area contributed by atoms with Gasteiger partial charge in [0.2, 0.25) is 0 Å². The summed E-state index contributed by atoms with van der Waals surface area (Å²) in [5.74, 6) is 0. The Balaban J connectivity index is 2.00. The number of rotatable bonds is 3. The summed E-state index contributed by atoms with van der Waals surface area (Å²) in [7, 11) is 3.62. The van der Waals surface area contributed by atoms with E-state index in [1.54, 1.807) is 22.8 Å². The first-order chi connectivity index (χ1) is 9.45. The predicted molar refractivity (Wildman–Crippen MR) is 82.6 cm³/mol. The first kappa shape index (κ1) is 14.6. The minimum atomic E-state index is -0.140. The van der Waals surface area contributed by atoms with Gasteiger partial charge in [0.1, 0.15) is 0 Å². The van der Waals surface area contributed by atoms with Crippen LogP contribution in [0.1, 0.15) is 11.1 Å². The molecule has 0 bridgehead atoms. The number of aryl methyl sites for hydroxylation is 2. The maximum absolute atomic E-state index is 12.1. The summed E-state index contributed by atoms with van der Waals surface area (Å²) in [6.07, 6.45) is 3.66. The van der Waals surface area contributed by atoms with Gasteiger partial charge in [-0.1, -0.05) is 15.9 Å². The summed E-state index contributed by atoms with van der Waals surface area (Å²) in [4.78, 5) is 13.8. The highest BCUT2D eigenvalue weighted by Crippen LogP contribution is 2.20. The molecule has 0 aliphatic heterocycles. The van der Waals surface area contributed by atoms with Crippen molar-refractivity contribution in [2.45, 2.75) is 13.5 Å². The van der Waals surface area contributed by atoms with Crippen molar-refractivity contribution in [3.63, 3.8) is 0 Å². The molecule has 0 saturated carbocycles. The van der Waals surface area contributed by atoms with Crippen LogP contribution < -0.4 is 5.32 Å². The summed E-state index contributed by atoms with van der Waals surface area (Å²) in [5.41, 5.74) is 2.83. The number of amides is 2. The number of carbonyl (C=O) groups excluding carboxylic acids is 1. The minimum absolute atomic E-state index is 0.140. The van der Waals surface area contributed by atoms with Gasteiger partial charge in [-0.25, -0.2) is 4.79 Å². The van der Waals surface area contributed by atoms with Crippen LogP contribution in [-0.4, -0.2) is 27.8 Å². The SMILES string of the molecule is Cc1cc(Br)ccc1NC(=O)N(C)Cc1cnn(C)c1. The van der Waals surface area contributed by atoms with E-state index in [1.165, 1.54) is 0 Å². The number of urea groups is 1. The summed E-state index contributed by atoms with van der Waals surface area (Å²) in [6.45, 7) is 2.48. The molecule has 0 aliphatic carbocycles. The van der Waals surface area contributed by atoms with Crippen LogP contribution in [0.15, 0.2) is 35.1 Å². The van der Waals surface area contributed by atoms with E-state index in [0.717, 1.165) is 21.3 Å². The van der Waals surface area contributed by atoms with E-state index in [-0.39, 0.29) is 6.03 Å². The molecule has 0 atom stereocenters. The van der Waals surface area contributed by atoms with Crippen molar-refractivity contribution in [3.8, 4) is 0 Å². The Morgan fingerprint density at radius 3 is 2.85 bits per heavy atom. The van der Waals surface area contributed by atoms with Crippen molar-refractivity contribution in [3.05, 3.63) is 46.2 Å². The molecule has 20 heavy (non-hydrogen) atoms. The molecular weight excluding hydrogens is 320 g/mol. The molecule has 2 rings (SSSR count). The van der Waals surface area contributed by atoms with E-state index in [2.05, 4.69) is 26.3 Å². The molecule has 0 unspecified atom stereocenters. The fourth-order valence-electron chi connectivity index (χ4n) is 1.88. The fourth-order valence-corrected chi connectivity index (χ4v) is 2.35. The zero-order chi connectivity index (χ0) is 14.7. The Bertz CT molecular complexity index is 623. The number of anilines is 1. The highest BCUT2D eigenvalue weighted by atomic mass is 79.9. The van der Waals surface area contributed by atoms with Crippen LogP contribution in [0.25, 0.3) is 0 Å². The monoisotopic (exact) mass is 336 g/mol. The number of nitrogens with one attached hydrogen (secondary N) is 1. The van der Waals surface area contributed by atoms with Gasteiger partial charge in [0.25, 0.3) is 0 Å². The van der Waals surface area contributed by atoms with Crippen LogP contribution in [-0.2, 0) is 13.6 Å². The number of carbonyl (C=O) groups is 1. The Morgan fingerprint density at radius 2 is 2.25 bits per heavy atom. The molecule has 1 heterocycles. The van der Waals surface area contributed by atoms with Crippen LogP contribution in [0, 0.1) is 6.92 Å². The van der Waals surface area contributed by atoms with E-state index < -0.39 is 0 Å². The van der Waals surface area contributed by atoms with Gasteiger partial charge in [-0.2, -0.15) is 5.10 Å². The van der Waals surface area contributed by atoms with Crippen molar-refractivity contribution in [1.82, 2.24) is 14.7 Å². The molecule has 6 heteroatoms. The quantitative estimate of drug-likeness (QED) is 0.935. The molecule has 0 aliphatic rings. The predicted octanol–water partition coefficient (Wildman–Crippen LogP) is 3.15. The maximum atomic E-state index is 12.1. The average Bonchev–Trinajstić information content (AvgIpc) is 2.78. The van der Waals surface area contributed by atoms with E-state index >= 15 is 0 Å². The zero-order valence-electron chi connectivity index (χ0n) is 11.7. The fraction of sp³-hybridized carbons (Fsp3) is 0.286. The summed E-state index contributed by atoms with van der Waals surface area (Å²) >= 11 is 3.41. The molecule has 0 spiro atoms. The lowest BCUT2D eigenvalue weighted by molar-refractivity contribution is 0.220. The van der Waals surface area contributed by atoms with E-state index in [0.29, 0.717) is 6.54 Å². The molecule has 5 nitrogen and oxygen atoms in total. The first-order valence-electron chi connectivity index (χ1n) is 6.21. The van der Waals surface area contributed by atoms with E-state index in [9.17, 15) is 4.79 Å². The third-order valence-corrected chi connectivity index (χ3v) is 3.45. The first-order valence-corrected chi connectivity index (χ1v) is 7.01. The normalized spacial score (nSPS) is 10.4. The van der Waals surface area contributed by atoms with Crippen LogP contribution >= 0.6 is 15.9 Å². The lowest BCUT2D eigenvalue weighted by Gasteiger charge is -2.18. The van der Waals surface area contributed by atoms with E-state index in [1.807, 2.05) is 38.4 Å². The number of aromatic nitrogens is 2. The van der Waals surface area contributed by atoms with Gasteiger partial charge in [-0.15, -0.1) is 0 Å². The molecule has 1 aromatic carbocycles. The Morgan fingerprint density at radius 1 is 1.50 bits per heavy atom. The van der Waals surface area contributed by atoms with Crippen molar-refractivity contribution in [2.75, 3.05) is 12.4 Å². The second-order valence-corrected chi connectivity index (χ2v) is 5.68. The summed E-state index contributed by atoms with van der Waals surface area (Å²) < 4.78 is 2.72. The topological polar surface area (TPSA) is 50.2 Å². The zero-order valence-corrected chi connectivity index (χ0v) is 13.3. The molecule has 2 amide bonds. The van der Waals surface area contributed by atoms with Gasteiger partial charge < -0.3 is 10.2 Å². The molecule has 1 N–H and O–H groups in total. The molecule has 0 fully saturated rings. The van der Waals surface area contributed by atoms with Crippen molar-refractivity contribution in [2.24, 2.45) is 7.05 Å². The third kappa shape index (κ3) is 3.60. The minimum Gasteiger partial charge on any atom is -0.323 e. The van der Waals surface area contributed by atoms with Crippen LogP contribution in [0.3, 0.4) is 0 Å². The van der Waals surface area contributed by atoms with Crippen LogP contribution in [0.2, 0.25) is 0 Å². The largest absolute Gasteiger partial charge is 0.323 e. The molecule has 1 aromatic heterocycles. The van der Waals surface area contributed by atoms with Gasteiger partial charge in [-0.3, -0.25) is 4.68 Å².